The molecule has 0 aliphatic heterocycles. The van der Waals surface area contributed by atoms with Gasteiger partial charge in [-0.2, -0.15) is 0 Å². The minimum Gasteiger partial charge on any atom is -0.389 e. The summed E-state index contributed by atoms with van der Waals surface area (Å²) in [6.07, 6.45) is 0. The molecule has 0 bridgehead atoms. The van der Waals surface area contributed by atoms with E-state index in [1.807, 2.05) is 43.4 Å². The summed E-state index contributed by atoms with van der Waals surface area (Å²) in [5.74, 6) is 0. The Kier molecular flexibility index (Phi) is 4.22. The van der Waals surface area contributed by atoms with Crippen LogP contribution in [-0.4, -0.2) is 12.0 Å². The first-order valence-electron chi connectivity index (χ1n) is 5.41. The number of benzene rings is 1. The van der Waals surface area contributed by atoms with Crippen LogP contribution in [0.2, 0.25) is 4.34 Å². The lowest BCUT2D eigenvalue weighted by Gasteiger charge is -2.19. The third-order valence-electron chi connectivity index (χ3n) is 2.59. The van der Waals surface area contributed by atoms with Crippen LogP contribution in [0.15, 0.2) is 36.4 Å². The van der Waals surface area contributed by atoms with Gasteiger partial charge in [-0.1, -0.05) is 36.0 Å². The fourth-order valence-electron chi connectivity index (χ4n) is 1.66. The van der Waals surface area contributed by atoms with Gasteiger partial charge in [-0.3, -0.25) is 0 Å². The Labute approximate surface area is 121 Å². The lowest BCUT2D eigenvalue weighted by Crippen LogP contribution is -2.17. The van der Waals surface area contributed by atoms with Crippen molar-refractivity contribution in [1.29, 1.82) is 0 Å². The zero-order valence-electron chi connectivity index (χ0n) is 9.89. The molecule has 0 radical (unpaired) electrons. The van der Waals surface area contributed by atoms with Gasteiger partial charge >= 0.3 is 0 Å². The summed E-state index contributed by atoms with van der Waals surface area (Å²) < 4.78 is 0.815. The average molecular weight is 297 g/mol. The van der Waals surface area contributed by atoms with Crippen LogP contribution in [0, 0.1) is 0 Å². The molecule has 0 aliphatic rings. The number of thiocarbonyl (C=S) groups is 1. The first-order chi connectivity index (χ1) is 8.56. The van der Waals surface area contributed by atoms with Gasteiger partial charge in [-0.25, -0.2) is 0 Å². The highest BCUT2D eigenvalue weighted by Crippen LogP contribution is 2.24. The molecule has 1 heterocycles. The van der Waals surface area contributed by atoms with Crippen molar-refractivity contribution in [2.75, 3.05) is 11.9 Å². The van der Waals surface area contributed by atoms with Crippen molar-refractivity contribution >= 4 is 45.8 Å². The average Bonchev–Trinajstić information content (AvgIpc) is 2.75. The van der Waals surface area contributed by atoms with E-state index >= 15 is 0 Å². The summed E-state index contributed by atoms with van der Waals surface area (Å²) in [6.45, 7) is 0.818. The van der Waals surface area contributed by atoms with E-state index in [0.29, 0.717) is 4.99 Å². The van der Waals surface area contributed by atoms with Crippen LogP contribution >= 0.6 is 35.2 Å². The van der Waals surface area contributed by atoms with Crippen molar-refractivity contribution < 1.29 is 0 Å². The lowest BCUT2D eigenvalue weighted by atomic mass is 10.2. The molecule has 2 N–H and O–H groups in total. The van der Waals surface area contributed by atoms with E-state index in [1.165, 1.54) is 4.88 Å². The van der Waals surface area contributed by atoms with Crippen LogP contribution < -0.4 is 10.6 Å². The smallest absolute Gasteiger partial charge is 0.104 e. The molecule has 0 spiro atoms. The SMILES string of the molecule is CN(Cc1ccc(Cl)s1)c1cccc(C(N)=S)c1. The Balaban J connectivity index is 2.15. The molecule has 0 saturated carbocycles. The number of rotatable bonds is 4. The summed E-state index contributed by atoms with van der Waals surface area (Å²) in [5, 5.41) is 0. The Morgan fingerprint density at radius 1 is 1.39 bits per heavy atom. The Morgan fingerprint density at radius 2 is 2.17 bits per heavy atom. The summed E-state index contributed by atoms with van der Waals surface area (Å²) in [4.78, 5) is 3.79. The van der Waals surface area contributed by atoms with Crippen molar-refractivity contribution in [3.63, 3.8) is 0 Å². The fraction of sp³-hybridized carbons (Fsp3) is 0.154. The van der Waals surface area contributed by atoms with Gasteiger partial charge in [0.15, 0.2) is 0 Å². The van der Waals surface area contributed by atoms with Crippen LogP contribution in [0.4, 0.5) is 5.69 Å². The lowest BCUT2D eigenvalue weighted by molar-refractivity contribution is 0.940. The number of nitrogens with zero attached hydrogens (tertiary/aromatic N) is 1. The normalized spacial score (nSPS) is 10.3. The molecule has 94 valence electrons. The predicted molar refractivity (Wildman–Crippen MR) is 83.8 cm³/mol. The van der Waals surface area contributed by atoms with Crippen LogP contribution in [0.1, 0.15) is 10.4 Å². The Bertz CT molecular complexity index is 566. The van der Waals surface area contributed by atoms with E-state index < -0.39 is 0 Å². The maximum Gasteiger partial charge on any atom is 0.104 e. The minimum atomic E-state index is 0.421. The van der Waals surface area contributed by atoms with Crippen LogP contribution in [-0.2, 0) is 6.54 Å². The molecule has 0 aliphatic carbocycles. The standard InChI is InChI=1S/C13H13ClN2S2/c1-16(8-11-5-6-12(14)18-11)10-4-2-3-9(7-10)13(15)17/h2-7H,8H2,1H3,(H2,15,17). The summed E-state index contributed by atoms with van der Waals surface area (Å²) in [6, 6.07) is 11.9. The molecule has 1 aromatic heterocycles. The van der Waals surface area contributed by atoms with Crippen molar-refractivity contribution in [1.82, 2.24) is 0 Å². The van der Waals surface area contributed by atoms with Gasteiger partial charge in [-0.15, -0.1) is 11.3 Å². The topological polar surface area (TPSA) is 29.3 Å². The van der Waals surface area contributed by atoms with E-state index in [0.717, 1.165) is 22.1 Å². The second-order valence-electron chi connectivity index (χ2n) is 3.98. The Hall–Kier alpha value is -1.10. The third kappa shape index (κ3) is 3.22. The summed E-state index contributed by atoms with van der Waals surface area (Å²) in [5.41, 5.74) is 7.61. The molecule has 2 aromatic rings. The molecule has 0 atom stereocenters. The van der Waals surface area contributed by atoms with Gasteiger partial charge in [-0.05, 0) is 24.3 Å². The molecule has 0 amide bonds. The summed E-state index contributed by atoms with van der Waals surface area (Å²) >= 11 is 12.5. The van der Waals surface area contributed by atoms with Crippen LogP contribution in [0.25, 0.3) is 0 Å². The van der Waals surface area contributed by atoms with E-state index in [1.54, 1.807) is 11.3 Å². The number of thiophene rings is 1. The maximum atomic E-state index is 5.92. The number of hydrogen-bond acceptors (Lipinski definition) is 3. The fourth-order valence-corrected chi connectivity index (χ4v) is 2.93. The second kappa shape index (κ2) is 5.69. The van der Waals surface area contributed by atoms with Gasteiger partial charge in [0.25, 0.3) is 0 Å². The van der Waals surface area contributed by atoms with Gasteiger partial charge in [0.2, 0.25) is 0 Å². The zero-order valence-corrected chi connectivity index (χ0v) is 12.3. The highest BCUT2D eigenvalue weighted by atomic mass is 35.5. The quantitative estimate of drug-likeness (QED) is 0.873. The van der Waals surface area contributed by atoms with E-state index in [9.17, 15) is 0 Å². The van der Waals surface area contributed by atoms with Crippen LogP contribution in [0.3, 0.4) is 0 Å². The highest BCUT2D eigenvalue weighted by Gasteiger charge is 2.06. The first kappa shape index (κ1) is 13.3. The number of halogens is 1. The highest BCUT2D eigenvalue weighted by molar-refractivity contribution is 7.80. The molecule has 2 nitrogen and oxygen atoms in total. The van der Waals surface area contributed by atoms with E-state index in [4.69, 9.17) is 29.6 Å². The second-order valence-corrected chi connectivity index (χ2v) is 6.22. The molecule has 0 unspecified atom stereocenters. The van der Waals surface area contributed by atoms with Crippen molar-refractivity contribution in [2.45, 2.75) is 6.54 Å². The first-order valence-corrected chi connectivity index (χ1v) is 7.02. The minimum absolute atomic E-state index is 0.421. The van der Waals surface area contributed by atoms with Gasteiger partial charge in [0.05, 0.1) is 10.9 Å². The van der Waals surface area contributed by atoms with Crippen molar-refractivity contribution in [3.8, 4) is 0 Å². The monoisotopic (exact) mass is 296 g/mol. The predicted octanol–water partition coefficient (Wildman–Crippen LogP) is 3.67. The van der Waals surface area contributed by atoms with Crippen LogP contribution in [0.5, 0.6) is 0 Å². The number of nitrogens with two attached hydrogens (primary N) is 1. The molecule has 18 heavy (non-hydrogen) atoms. The van der Waals surface area contributed by atoms with E-state index in [2.05, 4.69) is 4.90 Å². The van der Waals surface area contributed by atoms with Gasteiger partial charge in [0, 0.05) is 23.2 Å². The molecule has 5 heteroatoms. The molecule has 0 fully saturated rings. The molecular weight excluding hydrogens is 284 g/mol. The number of hydrogen-bond donors (Lipinski definition) is 1. The third-order valence-corrected chi connectivity index (χ3v) is 4.04. The maximum absolute atomic E-state index is 5.92. The molecule has 0 saturated heterocycles. The van der Waals surface area contributed by atoms with E-state index in [-0.39, 0.29) is 0 Å². The molecular formula is C13H13ClN2S2. The Morgan fingerprint density at radius 3 is 2.78 bits per heavy atom. The number of anilines is 1. The van der Waals surface area contributed by atoms with Gasteiger partial charge in [0.1, 0.15) is 4.99 Å². The molecule has 1 aromatic carbocycles. The zero-order chi connectivity index (χ0) is 13.1. The van der Waals surface area contributed by atoms with Crippen molar-refractivity contribution in [2.24, 2.45) is 5.73 Å². The summed E-state index contributed by atoms with van der Waals surface area (Å²) in [7, 11) is 2.03. The molecule has 2 rings (SSSR count). The van der Waals surface area contributed by atoms with Gasteiger partial charge < -0.3 is 10.6 Å². The largest absolute Gasteiger partial charge is 0.389 e. The van der Waals surface area contributed by atoms with Crippen molar-refractivity contribution in [3.05, 3.63) is 51.2 Å².